The van der Waals surface area contributed by atoms with Gasteiger partial charge >= 0.3 is 0 Å². The molecule has 0 heteroatoms. The highest BCUT2D eigenvalue weighted by molar-refractivity contribution is 6.25. The molecule has 0 nitrogen and oxygen atoms in total. The highest BCUT2D eigenvalue weighted by atomic mass is 14.4. The van der Waals surface area contributed by atoms with Crippen LogP contribution in [0.3, 0.4) is 0 Å². The van der Waals surface area contributed by atoms with Crippen molar-refractivity contribution in [2.75, 3.05) is 0 Å². The van der Waals surface area contributed by atoms with Gasteiger partial charge in [0.25, 0.3) is 0 Å². The summed E-state index contributed by atoms with van der Waals surface area (Å²) < 4.78 is 0. The van der Waals surface area contributed by atoms with Gasteiger partial charge in [-0.3, -0.25) is 0 Å². The zero-order valence-electron chi connectivity index (χ0n) is 35.5. The molecule has 0 aromatic heterocycles. The van der Waals surface area contributed by atoms with E-state index in [2.05, 4.69) is 222 Å². The van der Waals surface area contributed by atoms with Crippen molar-refractivity contribution >= 4 is 53.9 Å². The van der Waals surface area contributed by atoms with Crippen LogP contribution < -0.4 is 0 Å². The topological polar surface area (TPSA) is 0 Å². The summed E-state index contributed by atoms with van der Waals surface area (Å²) in [6.07, 6.45) is 0. The monoisotopic (exact) mass is 788 g/mol. The van der Waals surface area contributed by atoms with E-state index in [-0.39, 0.29) is 10.8 Å². The second kappa shape index (κ2) is 12.6. The third kappa shape index (κ3) is 4.67. The normalized spacial score (nSPS) is 14.4. The Hall–Kier alpha value is -7.28. The Labute approximate surface area is 362 Å². The fourth-order valence-corrected chi connectivity index (χ4v) is 12.0. The van der Waals surface area contributed by atoms with E-state index in [4.69, 9.17) is 0 Å². The Morgan fingerprint density at radius 3 is 1.31 bits per heavy atom. The molecule has 0 unspecified atom stereocenters. The van der Waals surface area contributed by atoms with Crippen LogP contribution in [0.1, 0.15) is 49.9 Å². The Bertz CT molecular complexity index is 3670. The standard InChI is InChI=1S/C62H44/c1-61(2)53-28-16-15-27-50(53)58-43-20-8-6-19-42(43)51(36-55(58)61)57-47-24-12-10-22-45(47)56(46-23-11-13-25-48(46)57)38-31-29-37(30-32-38)39-33-34-54-52(35-39)59-44-21-9-5-17-40(44)41-18-7-14-26-49(41)60(59)62(54,3)4/h5-36H,1-4H3. The molecule has 11 aromatic carbocycles. The van der Waals surface area contributed by atoms with Gasteiger partial charge < -0.3 is 0 Å². The lowest BCUT2D eigenvalue weighted by atomic mass is 9.79. The first kappa shape index (κ1) is 35.5. The van der Waals surface area contributed by atoms with Gasteiger partial charge in [0.15, 0.2) is 0 Å². The van der Waals surface area contributed by atoms with E-state index in [1.54, 1.807) is 0 Å². The summed E-state index contributed by atoms with van der Waals surface area (Å²) in [7, 11) is 0. The summed E-state index contributed by atoms with van der Waals surface area (Å²) in [5.74, 6) is 0. The molecule has 0 fully saturated rings. The molecule has 0 bridgehead atoms. The van der Waals surface area contributed by atoms with E-state index in [1.807, 2.05) is 0 Å². The summed E-state index contributed by atoms with van der Waals surface area (Å²) in [6, 6.07) is 73.3. The van der Waals surface area contributed by atoms with E-state index >= 15 is 0 Å². The number of rotatable bonds is 3. The Balaban J connectivity index is 0.986. The minimum Gasteiger partial charge on any atom is -0.0619 e. The van der Waals surface area contributed by atoms with Crippen molar-refractivity contribution in [2.24, 2.45) is 0 Å². The first-order valence-corrected chi connectivity index (χ1v) is 22.1. The molecule has 292 valence electrons. The van der Waals surface area contributed by atoms with E-state index in [1.165, 1.54) is 132 Å². The van der Waals surface area contributed by atoms with Crippen LogP contribution in [0.15, 0.2) is 194 Å². The average Bonchev–Trinajstić information content (AvgIpc) is 3.70. The largest absolute Gasteiger partial charge is 0.0619 e. The predicted octanol–water partition coefficient (Wildman–Crippen LogP) is 17.1. The van der Waals surface area contributed by atoms with E-state index < -0.39 is 0 Å². The van der Waals surface area contributed by atoms with Crippen LogP contribution in [-0.4, -0.2) is 0 Å². The van der Waals surface area contributed by atoms with Crippen molar-refractivity contribution in [2.45, 2.75) is 38.5 Å². The molecule has 0 amide bonds. The van der Waals surface area contributed by atoms with Crippen LogP contribution in [-0.2, 0) is 10.8 Å². The highest BCUT2D eigenvalue weighted by Crippen LogP contribution is 2.57. The van der Waals surface area contributed by atoms with Gasteiger partial charge in [-0.2, -0.15) is 0 Å². The van der Waals surface area contributed by atoms with E-state index in [0.717, 1.165) is 0 Å². The Morgan fingerprint density at radius 1 is 0.242 bits per heavy atom. The highest BCUT2D eigenvalue weighted by Gasteiger charge is 2.39. The molecule has 0 aliphatic heterocycles. The number of fused-ring (bicyclic) bond motifs is 15. The van der Waals surface area contributed by atoms with Gasteiger partial charge in [-0.05, 0) is 144 Å². The van der Waals surface area contributed by atoms with Crippen LogP contribution in [0.5, 0.6) is 0 Å². The van der Waals surface area contributed by atoms with Gasteiger partial charge in [-0.25, -0.2) is 0 Å². The quantitative estimate of drug-likeness (QED) is 0.124. The minimum atomic E-state index is -0.113. The van der Waals surface area contributed by atoms with Gasteiger partial charge in [0.1, 0.15) is 0 Å². The third-order valence-corrected chi connectivity index (χ3v) is 14.8. The molecule has 0 saturated carbocycles. The molecule has 2 aliphatic carbocycles. The van der Waals surface area contributed by atoms with Gasteiger partial charge in [-0.15, -0.1) is 0 Å². The zero-order chi connectivity index (χ0) is 41.5. The molecule has 0 atom stereocenters. The van der Waals surface area contributed by atoms with Crippen LogP contribution in [0.25, 0.3) is 109 Å². The van der Waals surface area contributed by atoms with Crippen LogP contribution in [0.4, 0.5) is 0 Å². The van der Waals surface area contributed by atoms with Crippen molar-refractivity contribution in [3.63, 3.8) is 0 Å². The molecule has 13 rings (SSSR count). The fourth-order valence-electron chi connectivity index (χ4n) is 12.0. The van der Waals surface area contributed by atoms with Crippen molar-refractivity contribution in [1.82, 2.24) is 0 Å². The average molecular weight is 789 g/mol. The number of hydrogen-bond acceptors (Lipinski definition) is 0. The molecule has 11 aromatic rings. The van der Waals surface area contributed by atoms with Crippen molar-refractivity contribution in [1.29, 1.82) is 0 Å². The lowest BCUT2D eigenvalue weighted by Crippen LogP contribution is -2.15. The zero-order valence-corrected chi connectivity index (χ0v) is 35.5. The molecule has 0 spiro atoms. The van der Waals surface area contributed by atoms with Gasteiger partial charge in [-0.1, -0.05) is 210 Å². The minimum absolute atomic E-state index is 0.113. The van der Waals surface area contributed by atoms with Gasteiger partial charge in [0.2, 0.25) is 0 Å². The van der Waals surface area contributed by atoms with Crippen molar-refractivity contribution in [3.8, 4) is 55.6 Å². The second-order valence-corrected chi connectivity index (χ2v) is 18.7. The van der Waals surface area contributed by atoms with E-state index in [0.29, 0.717) is 0 Å². The smallest absolute Gasteiger partial charge is 0.0165 e. The maximum atomic E-state index is 2.53. The van der Waals surface area contributed by atoms with Gasteiger partial charge in [0, 0.05) is 10.8 Å². The van der Waals surface area contributed by atoms with Crippen molar-refractivity contribution < 1.29 is 0 Å². The molecule has 0 N–H and O–H groups in total. The number of benzene rings is 11. The lowest BCUT2D eigenvalue weighted by molar-refractivity contribution is 0.661. The van der Waals surface area contributed by atoms with Crippen LogP contribution >= 0.6 is 0 Å². The maximum Gasteiger partial charge on any atom is 0.0165 e. The summed E-state index contributed by atoms with van der Waals surface area (Å²) >= 11 is 0. The summed E-state index contributed by atoms with van der Waals surface area (Å²) in [5, 5.41) is 13.1. The Kier molecular flexibility index (Phi) is 7.23. The predicted molar refractivity (Wildman–Crippen MR) is 265 cm³/mol. The molecule has 0 heterocycles. The maximum absolute atomic E-state index is 2.53. The lowest BCUT2D eigenvalue weighted by Gasteiger charge is -2.24. The van der Waals surface area contributed by atoms with Crippen molar-refractivity contribution in [3.05, 3.63) is 216 Å². The van der Waals surface area contributed by atoms with Crippen LogP contribution in [0.2, 0.25) is 0 Å². The third-order valence-electron chi connectivity index (χ3n) is 14.8. The molecular formula is C62H44. The first-order chi connectivity index (χ1) is 30.3. The molecule has 2 aliphatic rings. The molecule has 62 heavy (non-hydrogen) atoms. The summed E-state index contributed by atoms with van der Waals surface area (Å²) in [4.78, 5) is 0. The summed E-state index contributed by atoms with van der Waals surface area (Å²) in [5.41, 5.74) is 18.5. The number of hydrogen-bond donors (Lipinski definition) is 0. The Morgan fingerprint density at radius 2 is 0.677 bits per heavy atom. The fraction of sp³-hybridized carbons (Fsp3) is 0.0968. The first-order valence-electron chi connectivity index (χ1n) is 22.1. The summed E-state index contributed by atoms with van der Waals surface area (Å²) in [6.45, 7) is 9.59. The molecule has 0 radical (unpaired) electrons. The SMILES string of the molecule is CC1(C)c2ccccc2-c2c1cc(-c1c3ccccc3c(-c3ccc(-c4ccc5c(c4)-c4c(c6ccccc6c6ccccc46)C5(C)C)cc3)c3ccccc13)c1ccccc21. The molecule has 0 saturated heterocycles. The van der Waals surface area contributed by atoms with Gasteiger partial charge in [0.05, 0.1) is 0 Å². The van der Waals surface area contributed by atoms with E-state index in [9.17, 15) is 0 Å². The van der Waals surface area contributed by atoms with Crippen LogP contribution in [0, 0.1) is 0 Å². The molecular weight excluding hydrogens is 745 g/mol. The second-order valence-electron chi connectivity index (χ2n) is 18.7.